The molecule has 24 heavy (non-hydrogen) atoms. The van der Waals surface area contributed by atoms with Gasteiger partial charge >= 0.3 is 0 Å². The number of hydrogen-bond donors (Lipinski definition) is 0. The molecule has 128 valence electrons. The Morgan fingerprint density at radius 3 is 2.71 bits per heavy atom. The number of halogens is 2. The van der Waals surface area contributed by atoms with Crippen molar-refractivity contribution in [3.63, 3.8) is 0 Å². The molecule has 9 heteroatoms. The third-order valence-electron chi connectivity index (χ3n) is 4.39. The maximum Gasteiger partial charge on any atom is 0.251 e. The van der Waals surface area contributed by atoms with E-state index in [1.807, 2.05) is 0 Å². The molecule has 1 saturated carbocycles. The molecule has 2 saturated heterocycles. The maximum absolute atomic E-state index is 12.1. The summed E-state index contributed by atoms with van der Waals surface area (Å²) in [7, 11) is -3.10. The van der Waals surface area contributed by atoms with Crippen molar-refractivity contribution < 1.29 is 13.2 Å². The normalized spacial score (nSPS) is 29.9. The van der Waals surface area contributed by atoms with Crippen molar-refractivity contribution in [2.75, 3.05) is 16.4 Å². The number of amides is 1. The molecule has 5 nitrogen and oxygen atoms in total. The molecule has 4 rings (SSSR count). The van der Waals surface area contributed by atoms with Crippen molar-refractivity contribution in [2.45, 2.75) is 24.1 Å². The van der Waals surface area contributed by atoms with Crippen LogP contribution in [0.1, 0.15) is 12.8 Å². The van der Waals surface area contributed by atoms with E-state index in [9.17, 15) is 13.2 Å². The van der Waals surface area contributed by atoms with Crippen molar-refractivity contribution in [2.24, 2.45) is 10.9 Å². The van der Waals surface area contributed by atoms with E-state index < -0.39 is 9.84 Å². The smallest absolute Gasteiger partial charge is 0.251 e. The van der Waals surface area contributed by atoms with Crippen LogP contribution in [0.25, 0.3) is 0 Å². The van der Waals surface area contributed by atoms with Gasteiger partial charge in [-0.15, -0.1) is 0 Å². The molecule has 0 unspecified atom stereocenters. The second kappa shape index (κ2) is 5.90. The molecule has 2 aliphatic heterocycles. The van der Waals surface area contributed by atoms with Gasteiger partial charge in [-0.1, -0.05) is 41.0 Å². The number of amidine groups is 1. The van der Waals surface area contributed by atoms with E-state index in [1.165, 1.54) is 11.8 Å². The average Bonchev–Trinajstić information content (AvgIpc) is 3.24. The fourth-order valence-corrected chi connectivity index (χ4v) is 7.34. The summed E-state index contributed by atoms with van der Waals surface area (Å²) >= 11 is 13.8. The predicted molar refractivity (Wildman–Crippen MR) is 97.9 cm³/mol. The van der Waals surface area contributed by atoms with Crippen LogP contribution >= 0.6 is 35.0 Å². The number of nitrogens with zero attached hydrogens (tertiary/aromatic N) is 2. The predicted octanol–water partition coefficient (Wildman–Crippen LogP) is 3.00. The first-order chi connectivity index (χ1) is 11.4. The third kappa shape index (κ3) is 2.96. The molecule has 1 aromatic rings. The lowest BCUT2D eigenvalue weighted by Crippen LogP contribution is -2.38. The van der Waals surface area contributed by atoms with Crippen LogP contribution in [0, 0.1) is 5.92 Å². The van der Waals surface area contributed by atoms with Crippen molar-refractivity contribution in [3.8, 4) is 0 Å². The Hall–Kier alpha value is -0.760. The number of carbonyl (C=O) groups excluding carboxylic acids is 1. The van der Waals surface area contributed by atoms with Gasteiger partial charge in [-0.2, -0.15) is 4.99 Å². The summed E-state index contributed by atoms with van der Waals surface area (Å²) in [6, 6.07) is 4.93. The van der Waals surface area contributed by atoms with Gasteiger partial charge in [0.1, 0.15) is 0 Å². The van der Waals surface area contributed by atoms with Crippen LogP contribution < -0.4 is 4.90 Å². The highest BCUT2D eigenvalue weighted by atomic mass is 35.5. The zero-order chi connectivity index (χ0) is 17.1. The van der Waals surface area contributed by atoms with Gasteiger partial charge in [0.25, 0.3) is 5.91 Å². The molecule has 2 heterocycles. The summed E-state index contributed by atoms with van der Waals surface area (Å²) in [5.41, 5.74) is 0.601. The second-order valence-corrected chi connectivity index (χ2v) is 10.4. The average molecular weight is 405 g/mol. The molecule has 1 aliphatic carbocycles. The van der Waals surface area contributed by atoms with E-state index in [4.69, 9.17) is 23.2 Å². The van der Waals surface area contributed by atoms with Gasteiger partial charge in [-0.3, -0.25) is 4.79 Å². The summed E-state index contributed by atoms with van der Waals surface area (Å²) in [4.78, 5) is 18.2. The summed E-state index contributed by atoms with van der Waals surface area (Å²) < 4.78 is 24.0. The fourth-order valence-electron chi connectivity index (χ4n) is 3.04. The summed E-state index contributed by atoms with van der Waals surface area (Å²) in [5, 5.41) is 1.12. The third-order valence-corrected chi connectivity index (χ3v) is 8.41. The molecule has 2 atom stereocenters. The lowest BCUT2D eigenvalue weighted by molar-refractivity contribution is -0.118. The number of aliphatic imine (C=N–C) groups is 1. The molecule has 0 radical (unpaired) electrons. The van der Waals surface area contributed by atoms with Crippen LogP contribution in [0.3, 0.4) is 0 Å². The van der Waals surface area contributed by atoms with Crippen LogP contribution in [-0.4, -0.2) is 42.3 Å². The number of hydrogen-bond acceptors (Lipinski definition) is 4. The molecule has 0 N–H and O–H groups in total. The van der Waals surface area contributed by atoms with Gasteiger partial charge in [-0.05, 0) is 25.0 Å². The molecular weight excluding hydrogens is 391 g/mol. The molecule has 0 aromatic heterocycles. The largest absolute Gasteiger partial charge is 0.314 e. The molecule has 1 aromatic carbocycles. The molecule has 0 spiro atoms. The van der Waals surface area contributed by atoms with Crippen molar-refractivity contribution in [1.29, 1.82) is 0 Å². The van der Waals surface area contributed by atoms with E-state index >= 15 is 0 Å². The Kier molecular flexibility index (Phi) is 4.10. The number of rotatable bonds is 2. The van der Waals surface area contributed by atoms with E-state index in [0.717, 1.165) is 12.8 Å². The van der Waals surface area contributed by atoms with E-state index in [0.29, 0.717) is 20.9 Å². The maximum atomic E-state index is 12.1. The standard InChI is InChI=1S/C15H14Cl2N2O3S2/c16-9-2-1-3-10(13(9)17)19-11-6-24(21,22)7-12(11)23-15(19)18-14(20)8-4-5-8/h1-3,8,11-12H,4-7H2/t11-,12+/m1/s1. The van der Waals surface area contributed by atoms with Crippen molar-refractivity contribution >= 4 is 61.6 Å². The Morgan fingerprint density at radius 1 is 1.25 bits per heavy atom. The minimum absolute atomic E-state index is 0.0129. The van der Waals surface area contributed by atoms with Crippen LogP contribution in [0.15, 0.2) is 23.2 Å². The topological polar surface area (TPSA) is 66.8 Å². The Balaban J connectivity index is 1.77. The van der Waals surface area contributed by atoms with Crippen LogP contribution in [0.2, 0.25) is 10.0 Å². The zero-order valence-electron chi connectivity index (χ0n) is 12.5. The lowest BCUT2D eigenvalue weighted by atomic mass is 10.2. The van der Waals surface area contributed by atoms with Gasteiger partial charge in [0, 0.05) is 11.2 Å². The minimum Gasteiger partial charge on any atom is -0.314 e. The molecule has 3 aliphatic rings. The molecule has 0 bridgehead atoms. The van der Waals surface area contributed by atoms with Gasteiger partial charge < -0.3 is 4.90 Å². The number of benzene rings is 1. The first-order valence-electron chi connectivity index (χ1n) is 7.58. The molecule has 1 amide bonds. The number of thioether (sulfide) groups is 1. The highest BCUT2D eigenvalue weighted by Crippen LogP contribution is 2.45. The summed E-state index contributed by atoms with van der Waals surface area (Å²) in [6.45, 7) is 0. The van der Waals surface area contributed by atoms with Gasteiger partial charge in [-0.25, -0.2) is 8.42 Å². The Morgan fingerprint density at radius 2 is 2.00 bits per heavy atom. The van der Waals surface area contributed by atoms with Crippen molar-refractivity contribution in [1.82, 2.24) is 0 Å². The fraction of sp³-hybridized carbons (Fsp3) is 0.467. The highest BCUT2D eigenvalue weighted by molar-refractivity contribution is 8.16. The van der Waals surface area contributed by atoms with Crippen LogP contribution in [-0.2, 0) is 14.6 Å². The monoisotopic (exact) mass is 404 g/mol. The molecule has 3 fully saturated rings. The Bertz CT molecular complexity index is 852. The Labute approximate surface area is 154 Å². The van der Waals surface area contributed by atoms with Gasteiger partial charge in [0.05, 0.1) is 33.3 Å². The second-order valence-electron chi connectivity index (χ2n) is 6.25. The van der Waals surface area contributed by atoms with Gasteiger partial charge in [0.2, 0.25) is 0 Å². The number of fused-ring (bicyclic) bond motifs is 1. The van der Waals surface area contributed by atoms with Crippen molar-refractivity contribution in [3.05, 3.63) is 28.2 Å². The first kappa shape index (κ1) is 16.7. The number of carbonyl (C=O) groups is 1. The first-order valence-corrected chi connectivity index (χ1v) is 11.0. The molecular formula is C15H14Cl2N2O3S2. The quantitative estimate of drug-likeness (QED) is 0.757. The van der Waals surface area contributed by atoms with Crippen LogP contribution in [0.5, 0.6) is 0 Å². The van der Waals surface area contributed by atoms with E-state index in [1.54, 1.807) is 23.1 Å². The summed E-state index contributed by atoms with van der Waals surface area (Å²) in [6.07, 6.45) is 1.75. The number of sulfone groups is 1. The SMILES string of the molecule is O=C(N=C1S[C@H]2CS(=O)(=O)C[C@H]2N1c1cccc(Cl)c1Cl)C1CC1. The lowest BCUT2D eigenvalue weighted by Gasteiger charge is -2.25. The number of anilines is 1. The summed E-state index contributed by atoms with van der Waals surface area (Å²) in [5.74, 6) is 0.0000795. The zero-order valence-corrected chi connectivity index (χ0v) is 15.6. The van der Waals surface area contributed by atoms with Crippen LogP contribution in [0.4, 0.5) is 5.69 Å². The minimum atomic E-state index is -3.10. The van der Waals surface area contributed by atoms with E-state index in [-0.39, 0.29) is 34.6 Å². The van der Waals surface area contributed by atoms with E-state index in [2.05, 4.69) is 4.99 Å². The highest BCUT2D eigenvalue weighted by Gasteiger charge is 2.50. The van der Waals surface area contributed by atoms with Gasteiger partial charge in [0.15, 0.2) is 15.0 Å².